The van der Waals surface area contributed by atoms with E-state index in [0.29, 0.717) is 30.9 Å². The third-order valence-corrected chi connectivity index (χ3v) is 4.93. The fourth-order valence-electron chi connectivity index (χ4n) is 3.03. The van der Waals surface area contributed by atoms with Gasteiger partial charge in [-0.15, -0.1) is 0 Å². The SMILES string of the molecule is COc1cc(C)c(CN(C)C(=O)CC2(C(=O)O)CCC2)cc1OC. The zero-order valence-corrected chi connectivity index (χ0v) is 14.7. The number of ether oxygens (including phenoxy) is 2. The Morgan fingerprint density at radius 2 is 1.79 bits per heavy atom. The Morgan fingerprint density at radius 1 is 1.21 bits per heavy atom. The van der Waals surface area contributed by atoms with Crippen LogP contribution in [0, 0.1) is 12.3 Å². The summed E-state index contributed by atoms with van der Waals surface area (Å²) in [5.74, 6) is 0.246. The molecule has 1 amide bonds. The molecule has 132 valence electrons. The van der Waals surface area contributed by atoms with E-state index in [0.717, 1.165) is 17.5 Å². The maximum Gasteiger partial charge on any atom is 0.310 e. The first-order valence-corrected chi connectivity index (χ1v) is 8.02. The molecule has 1 aliphatic rings. The maximum atomic E-state index is 12.5. The van der Waals surface area contributed by atoms with Crippen molar-refractivity contribution >= 4 is 11.9 Å². The molecule has 0 aromatic heterocycles. The summed E-state index contributed by atoms with van der Waals surface area (Å²) in [6.45, 7) is 2.35. The van der Waals surface area contributed by atoms with E-state index in [4.69, 9.17) is 9.47 Å². The number of hydrogen-bond donors (Lipinski definition) is 1. The largest absolute Gasteiger partial charge is 0.493 e. The van der Waals surface area contributed by atoms with Gasteiger partial charge >= 0.3 is 5.97 Å². The van der Waals surface area contributed by atoms with Crippen LogP contribution < -0.4 is 9.47 Å². The zero-order chi connectivity index (χ0) is 17.9. The number of aliphatic carboxylic acids is 1. The van der Waals surface area contributed by atoms with Crippen molar-refractivity contribution in [2.75, 3.05) is 21.3 Å². The summed E-state index contributed by atoms with van der Waals surface area (Å²) in [7, 11) is 4.85. The predicted octanol–water partition coefficient (Wildman–Crippen LogP) is 2.62. The van der Waals surface area contributed by atoms with E-state index in [9.17, 15) is 14.7 Å². The minimum absolute atomic E-state index is 0.0607. The Balaban J connectivity index is 2.10. The highest BCUT2D eigenvalue weighted by molar-refractivity contribution is 5.85. The minimum atomic E-state index is -0.863. The number of rotatable bonds is 7. The van der Waals surface area contributed by atoms with Gasteiger partial charge in [0.1, 0.15) is 0 Å². The number of aryl methyl sites for hydroxylation is 1. The van der Waals surface area contributed by atoms with Crippen LogP contribution in [0.1, 0.15) is 36.8 Å². The van der Waals surface area contributed by atoms with Crippen molar-refractivity contribution in [2.45, 2.75) is 39.2 Å². The molecule has 0 heterocycles. The summed E-state index contributed by atoms with van der Waals surface area (Å²) in [6.07, 6.45) is 2.10. The van der Waals surface area contributed by atoms with Crippen molar-refractivity contribution < 1.29 is 24.2 Å². The summed E-state index contributed by atoms with van der Waals surface area (Å²) in [5, 5.41) is 9.37. The van der Waals surface area contributed by atoms with Gasteiger partial charge in [0.15, 0.2) is 11.5 Å². The van der Waals surface area contributed by atoms with Gasteiger partial charge in [0.25, 0.3) is 0 Å². The molecule has 6 nitrogen and oxygen atoms in total. The molecule has 2 rings (SSSR count). The molecule has 6 heteroatoms. The van der Waals surface area contributed by atoms with Gasteiger partial charge in [-0.2, -0.15) is 0 Å². The molecule has 0 aliphatic heterocycles. The van der Waals surface area contributed by atoms with Crippen molar-refractivity contribution in [3.63, 3.8) is 0 Å². The molecule has 0 bridgehead atoms. The molecule has 0 atom stereocenters. The topological polar surface area (TPSA) is 76.1 Å². The second-order valence-electron chi connectivity index (χ2n) is 6.50. The van der Waals surface area contributed by atoms with E-state index >= 15 is 0 Å². The third-order valence-electron chi connectivity index (χ3n) is 4.93. The fourth-order valence-corrected chi connectivity index (χ4v) is 3.03. The fraction of sp³-hybridized carbons (Fsp3) is 0.556. The van der Waals surface area contributed by atoms with E-state index in [1.807, 2.05) is 19.1 Å². The van der Waals surface area contributed by atoms with Gasteiger partial charge in [-0.25, -0.2) is 0 Å². The van der Waals surface area contributed by atoms with Crippen LogP contribution in [0.4, 0.5) is 0 Å². The molecule has 1 aromatic rings. The number of carboxylic acid groups (broad SMARTS) is 1. The monoisotopic (exact) mass is 335 g/mol. The lowest BCUT2D eigenvalue weighted by atomic mass is 9.66. The molecule has 1 saturated carbocycles. The number of methoxy groups -OCH3 is 2. The van der Waals surface area contributed by atoms with Crippen LogP contribution in [0.5, 0.6) is 11.5 Å². The molecule has 1 N–H and O–H groups in total. The quantitative estimate of drug-likeness (QED) is 0.829. The van der Waals surface area contributed by atoms with Crippen LogP contribution in [0.2, 0.25) is 0 Å². The van der Waals surface area contributed by atoms with E-state index in [1.54, 1.807) is 26.2 Å². The van der Waals surface area contributed by atoms with Gasteiger partial charge in [0.05, 0.1) is 19.6 Å². The molecule has 1 aliphatic carbocycles. The number of carboxylic acids is 1. The van der Waals surface area contributed by atoms with Crippen molar-refractivity contribution in [2.24, 2.45) is 5.41 Å². The van der Waals surface area contributed by atoms with Gasteiger partial charge in [0.2, 0.25) is 5.91 Å². The minimum Gasteiger partial charge on any atom is -0.493 e. The van der Waals surface area contributed by atoms with Gasteiger partial charge in [-0.3, -0.25) is 9.59 Å². The van der Waals surface area contributed by atoms with Crippen LogP contribution in [0.15, 0.2) is 12.1 Å². The maximum absolute atomic E-state index is 12.5. The summed E-state index contributed by atoms with van der Waals surface area (Å²) in [6, 6.07) is 3.73. The molecular weight excluding hydrogens is 310 g/mol. The lowest BCUT2D eigenvalue weighted by Gasteiger charge is -2.38. The average molecular weight is 335 g/mol. The summed E-state index contributed by atoms with van der Waals surface area (Å²) < 4.78 is 10.6. The summed E-state index contributed by atoms with van der Waals surface area (Å²) in [4.78, 5) is 25.5. The Bertz CT molecular complexity index is 637. The summed E-state index contributed by atoms with van der Waals surface area (Å²) >= 11 is 0. The van der Waals surface area contributed by atoms with Crippen molar-refractivity contribution in [1.29, 1.82) is 0 Å². The van der Waals surface area contributed by atoms with Gasteiger partial charge in [0, 0.05) is 20.0 Å². The number of nitrogens with zero attached hydrogens (tertiary/aromatic N) is 1. The number of carbonyl (C=O) groups is 2. The Morgan fingerprint density at radius 3 is 2.25 bits per heavy atom. The van der Waals surface area contributed by atoms with Crippen molar-refractivity contribution in [3.05, 3.63) is 23.3 Å². The van der Waals surface area contributed by atoms with Crippen molar-refractivity contribution in [3.8, 4) is 11.5 Å². The van der Waals surface area contributed by atoms with E-state index in [2.05, 4.69) is 0 Å². The smallest absolute Gasteiger partial charge is 0.310 e. The van der Waals surface area contributed by atoms with E-state index in [-0.39, 0.29) is 12.3 Å². The normalized spacial score (nSPS) is 15.3. The average Bonchev–Trinajstić information content (AvgIpc) is 2.51. The number of carbonyl (C=O) groups excluding carboxylic acids is 1. The Hall–Kier alpha value is -2.24. The lowest BCUT2D eigenvalue weighted by Crippen LogP contribution is -2.42. The van der Waals surface area contributed by atoms with E-state index in [1.165, 1.54) is 0 Å². The first kappa shape index (κ1) is 18.1. The van der Waals surface area contributed by atoms with Gasteiger partial charge in [-0.1, -0.05) is 6.42 Å². The highest BCUT2D eigenvalue weighted by Crippen LogP contribution is 2.44. The van der Waals surface area contributed by atoms with Crippen LogP contribution in [0.25, 0.3) is 0 Å². The molecular formula is C18H25NO5. The number of hydrogen-bond acceptors (Lipinski definition) is 4. The van der Waals surface area contributed by atoms with E-state index < -0.39 is 11.4 Å². The molecule has 0 saturated heterocycles. The Labute approximate surface area is 142 Å². The Kier molecular flexibility index (Phi) is 5.36. The lowest BCUT2D eigenvalue weighted by molar-refractivity contribution is -0.159. The van der Waals surface area contributed by atoms with Gasteiger partial charge in [-0.05, 0) is 43.0 Å². The highest BCUT2D eigenvalue weighted by atomic mass is 16.5. The van der Waals surface area contributed by atoms with Crippen LogP contribution in [-0.2, 0) is 16.1 Å². The van der Waals surface area contributed by atoms with Crippen LogP contribution in [0.3, 0.4) is 0 Å². The standard InChI is InChI=1S/C18H25NO5/c1-12-8-14(23-3)15(24-4)9-13(12)11-19(2)16(20)10-18(17(21)22)6-5-7-18/h8-9H,5-7,10-11H2,1-4H3,(H,21,22). The number of benzene rings is 1. The second-order valence-corrected chi connectivity index (χ2v) is 6.50. The molecule has 24 heavy (non-hydrogen) atoms. The van der Waals surface area contributed by atoms with Crippen LogP contribution >= 0.6 is 0 Å². The predicted molar refractivity (Wildman–Crippen MR) is 89.3 cm³/mol. The van der Waals surface area contributed by atoms with Crippen molar-refractivity contribution in [1.82, 2.24) is 4.90 Å². The molecule has 0 spiro atoms. The highest BCUT2D eigenvalue weighted by Gasteiger charge is 2.46. The first-order valence-electron chi connectivity index (χ1n) is 8.02. The molecule has 0 radical (unpaired) electrons. The molecule has 1 aromatic carbocycles. The zero-order valence-electron chi connectivity index (χ0n) is 14.7. The molecule has 1 fully saturated rings. The third kappa shape index (κ3) is 3.47. The van der Waals surface area contributed by atoms with Crippen LogP contribution in [-0.4, -0.2) is 43.2 Å². The first-order chi connectivity index (χ1) is 11.3. The summed E-state index contributed by atoms with van der Waals surface area (Å²) in [5.41, 5.74) is 1.07. The number of amides is 1. The second kappa shape index (κ2) is 7.11. The van der Waals surface area contributed by atoms with Gasteiger partial charge < -0.3 is 19.5 Å². The molecule has 0 unspecified atom stereocenters.